The molecular formula is C12H14BrNO2S. The molecule has 92 valence electrons. The lowest BCUT2D eigenvalue weighted by atomic mass is 10.1. The maximum Gasteiger partial charge on any atom is 0.243 e. The lowest BCUT2D eigenvalue weighted by molar-refractivity contribution is 0.414. The molecule has 1 aromatic carbocycles. The topological polar surface area (TPSA) is 37.4 Å². The molecule has 1 aliphatic carbocycles. The van der Waals surface area contributed by atoms with Crippen LogP contribution < -0.4 is 0 Å². The minimum absolute atomic E-state index is 0.252. The Balaban J connectivity index is 1.89. The van der Waals surface area contributed by atoms with E-state index in [1.54, 1.807) is 28.6 Å². The van der Waals surface area contributed by atoms with Gasteiger partial charge >= 0.3 is 0 Å². The van der Waals surface area contributed by atoms with Crippen LogP contribution in [0.25, 0.3) is 0 Å². The highest BCUT2D eigenvalue weighted by Crippen LogP contribution is 2.58. The average Bonchev–Trinajstić information content (AvgIpc) is 2.77. The number of rotatable bonds is 2. The maximum atomic E-state index is 12.4. The van der Waals surface area contributed by atoms with Crippen molar-refractivity contribution in [2.24, 2.45) is 11.3 Å². The highest BCUT2D eigenvalue weighted by Gasteiger charge is 2.58. The zero-order chi connectivity index (χ0) is 12.3. The van der Waals surface area contributed by atoms with E-state index in [4.69, 9.17) is 0 Å². The Morgan fingerprint density at radius 1 is 1.35 bits per heavy atom. The molecule has 2 atom stereocenters. The molecule has 3 nitrogen and oxygen atoms in total. The number of hydrogen-bond donors (Lipinski definition) is 0. The number of fused-ring (bicyclic) bond motifs is 1. The summed E-state index contributed by atoms with van der Waals surface area (Å²) in [6.07, 6.45) is 1.18. The minimum atomic E-state index is -3.28. The summed E-state index contributed by atoms with van der Waals surface area (Å²) in [7, 11) is -3.28. The first-order chi connectivity index (χ1) is 7.92. The van der Waals surface area contributed by atoms with E-state index in [-0.39, 0.29) is 5.41 Å². The van der Waals surface area contributed by atoms with Gasteiger partial charge in [0.25, 0.3) is 0 Å². The number of nitrogens with zero attached hydrogens (tertiary/aromatic N) is 1. The van der Waals surface area contributed by atoms with Crippen molar-refractivity contribution in [3.8, 4) is 0 Å². The molecule has 1 aromatic rings. The van der Waals surface area contributed by atoms with Gasteiger partial charge in [-0.15, -0.1) is 0 Å². The Hall–Kier alpha value is -0.390. The Labute approximate surface area is 110 Å². The molecule has 2 fully saturated rings. The molecule has 0 unspecified atom stereocenters. The summed E-state index contributed by atoms with van der Waals surface area (Å²) < 4.78 is 27.3. The molecule has 0 amide bonds. The van der Waals surface area contributed by atoms with Gasteiger partial charge in [0.15, 0.2) is 0 Å². The summed E-state index contributed by atoms with van der Waals surface area (Å²) in [5.41, 5.74) is 0.252. The molecule has 0 N–H and O–H groups in total. The van der Waals surface area contributed by atoms with Crippen LogP contribution in [0.5, 0.6) is 0 Å². The fourth-order valence-electron chi connectivity index (χ4n) is 2.63. The van der Waals surface area contributed by atoms with Gasteiger partial charge in [-0.1, -0.05) is 22.9 Å². The van der Waals surface area contributed by atoms with Crippen LogP contribution in [0.2, 0.25) is 0 Å². The van der Waals surface area contributed by atoms with Gasteiger partial charge in [-0.2, -0.15) is 4.31 Å². The first-order valence-electron chi connectivity index (χ1n) is 5.68. The fourth-order valence-corrected chi connectivity index (χ4v) is 4.52. The van der Waals surface area contributed by atoms with E-state index in [9.17, 15) is 8.42 Å². The Bertz CT molecular complexity index is 554. The molecule has 0 radical (unpaired) electrons. The number of halogens is 1. The van der Waals surface area contributed by atoms with Gasteiger partial charge in [-0.05, 0) is 42.0 Å². The van der Waals surface area contributed by atoms with Crippen LogP contribution in [0, 0.1) is 11.3 Å². The van der Waals surface area contributed by atoms with Crippen molar-refractivity contribution in [1.82, 2.24) is 4.31 Å². The van der Waals surface area contributed by atoms with Crippen LogP contribution >= 0.6 is 15.9 Å². The zero-order valence-electron chi connectivity index (χ0n) is 9.56. The molecule has 1 aliphatic heterocycles. The SMILES string of the molecule is C[C@]12C[C@H]1CN(S(=O)(=O)c1ccc(Br)cc1)C2. The second-order valence-corrected chi connectivity index (χ2v) is 8.16. The van der Waals surface area contributed by atoms with Crippen LogP contribution in [0.15, 0.2) is 33.6 Å². The minimum Gasteiger partial charge on any atom is -0.207 e. The molecule has 0 bridgehead atoms. The Kier molecular flexibility index (Phi) is 2.44. The van der Waals surface area contributed by atoms with Crippen molar-refractivity contribution in [2.75, 3.05) is 13.1 Å². The summed E-state index contributed by atoms with van der Waals surface area (Å²) in [4.78, 5) is 0.394. The molecule has 1 heterocycles. The van der Waals surface area contributed by atoms with Gasteiger partial charge in [0, 0.05) is 17.6 Å². The third kappa shape index (κ3) is 1.84. The van der Waals surface area contributed by atoms with Crippen molar-refractivity contribution >= 4 is 26.0 Å². The molecule has 17 heavy (non-hydrogen) atoms. The summed E-state index contributed by atoms with van der Waals surface area (Å²) in [5, 5.41) is 0. The van der Waals surface area contributed by atoms with Gasteiger partial charge in [-0.3, -0.25) is 0 Å². The lowest BCUT2D eigenvalue weighted by Gasteiger charge is -2.19. The molecular weight excluding hydrogens is 302 g/mol. The highest BCUT2D eigenvalue weighted by atomic mass is 79.9. The monoisotopic (exact) mass is 315 g/mol. The normalized spacial score (nSPS) is 32.5. The molecule has 1 saturated carbocycles. The maximum absolute atomic E-state index is 12.4. The number of sulfonamides is 1. The standard InChI is InChI=1S/C12H14BrNO2S/c1-12-6-9(12)7-14(8-12)17(15,16)11-4-2-10(13)3-5-11/h2-5,9H,6-8H2,1H3/t9-,12+/m0/s1. The molecule has 5 heteroatoms. The largest absolute Gasteiger partial charge is 0.243 e. The number of benzene rings is 1. The van der Waals surface area contributed by atoms with Crippen molar-refractivity contribution in [3.05, 3.63) is 28.7 Å². The van der Waals surface area contributed by atoms with Crippen molar-refractivity contribution in [1.29, 1.82) is 0 Å². The second-order valence-electron chi connectivity index (χ2n) is 5.31. The van der Waals surface area contributed by atoms with Gasteiger partial charge in [-0.25, -0.2) is 8.42 Å². The quantitative estimate of drug-likeness (QED) is 0.840. The Morgan fingerprint density at radius 2 is 2.00 bits per heavy atom. The first-order valence-corrected chi connectivity index (χ1v) is 7.91. The van der Waals surface area contributed by atoms with E-state index in [1.165, 1.54) is 6.42 Å². The van der Waals surface area contributed by atoms with E-state index < -0.39 is 10.0 Å². The van der Waals surface area contributed by atoms with E-state index in [1.807, 2.05) is 0 Å². The van der Waals surface area contributed by atoms with Crippen LogP contribution in [0.3, 0.4) is 0 Å². The number of hydrogen-bond acceptors (Lipinski definition) is 2. The van der Waals surface area contributed by atoms with Crippen LogP contribution in [-0.2, 0) is 10.0 Å². The zero-order valence-corrected chi connectivity index (χ0v) is 12.0. The van der Waals surface area contributed by atoms with Crippen LogP contribution in [-0.4, -0.2) is 25.8 Å². The Morgan fingerprint density at radius 3 is 2.53 bits per heavy atom. The van der Waals surface area contributed by atoms with Crippen molar-refractivity contribution in [3.63, 3.8) is 0 Å². The molecule has 3 rings (SSSR count). The van der Waals surface area contributed by atoms with Gasteiger partial charge < -0.3 is 0 Å². The third-order valence-corrected chi connectivity index (χ3v) is 6.31. The van der Waals surface area contributed by atoms with E-state index in [0.29, 0.717) is 23.9 Å². The van der Waals surface area contributed by atoms with Gasteiger partial charge in [0.1, 0.15) is 0 Å². The summed E-state index contributed by atoms with van der Waals surface area (Å²) >= 11 is 3.31. The molecule has 0 spiro atoms. The summed E-state index contributed by atoms with van der Waals surface area (Å²) in [6.45, 7) is 3.54. The fraction of sp³-hybridized carbons (Fsp3) is 0.500. The average molecular weight is 316 g/mol. The van der Waals surface area contributed by atoms with Crippen molar-refractivity contribution in [2.45, 2.75) is 18.2 Å². The predicted molar refractivity (Wildman–Crippen MR) is 69.1 cm³/mol. The van der Waals surface area contributed by atoms with E-state index >= 15 is 0 Å². The summed E-state index contributed by atoms with van der Waals surface area (Å²) in [5.74, 6) is 0.577. The highest BCUT2D eigenvalue weighted by molar-refractivity contribution is 9.10. The van der Waals surface area contributed by atoms with Gasteiger partial charge in [0.05, 0.1) is 4.90 Å². The van der Waals surface area contributed by atoms with E-state index in [0.717, 1.165) is 4.47 Å². The van der Waals surface area contributed by atoms with Crippen molar-refractivity contribution < 1.29 is 8.42 Å². The van der Waals surface area contributed by atoms with Gasteiger partial charge in [0.2, 0.25) is 10.0 Å². The summed E-state index contributed by atoms with van der Waals surface area (Å²) in [6, 6.07) is 6.86. The first kappa shape index (κ1) is 11.7. The molecule has 2 aliphatic rings. The second kappa shape index (κ2) is 3.56. The molecule has 0 aromatic heterocycles. The lowest BCUT2D eigenvalue weighted by Crippen LogP contribution is -2.31. The number of piperidine rings is 1. The van der Waals surface area contributed by atoms with Crippen LogP contribution in [0.1, 0.15) is 13.3 Å². The van der Waals surface area contributed by atoms with Crippen LogP contribution in [0.4, 0.5) is 0 Å². The van der Waals surface area contributed by atoms with E-state index in [2.05, 4.69) is 22.9 Å². The third-order valence-electron chi connectivity index (χ3n) is 3.95. The predicted octanol–water partition coefficient (Wildman–Crippen LogP) is 2.48. The molecule has 1 saturated heterocycles. The smallest absolute Gasteiger partial charge is 0.207 e.